The summed E-state index contributed by atoms with van der Waals surface area (Å²) in [4.78, 5) is 32.4. The zero-order chi connectivity index (χ0) is 23.3. The number of aryl methyl sites for hydroxylation is 4. The van der Waals surface area contributed by atoms with Crippen molar-refractivity contribution in [3.8, 4) is 0 Å². The number of nitrogens with one attached hydrogen (secondary N) is 1. The Morgan fingerprint density at radius 2 is 1.78 bits per heavy atom. The van der Waals surface area contributed by atoms with E-state index in [9.17, 15) is 9.59 Å². The molecule has 1 heterocycles. The summed E-state index contributed by atoms with van der Waals surface area (Å²) in [5, 5.41) is 3.11. The molecule has 1 aliphatic rings. The highest BCUT2D eigenvalue weighted by atomic mass is 32.2. The summed E-state index contributed by atoms with van der Waals surface area (Å²) in [7, 11) is 1.64. The van der Waals surface area contributed by atoms with Gasteiger partial charge in [0.05, 0.1) is 5.69 Å². The zero-order valence-electron chi connectivity index (χ0n) is 19.4. The van der Waals surface area contributed by atoms with Gasteiger partial charge in [0.15, 0.2) is 5.17 Å². The third-order valence-corrected chi connectivity index (χ3v) is 6.54. The number of amides is 2. The highest BCUT2D eigenvalue weighted by Crippen LogP contribution is 2.33. The minimum atomic E-state index is -0.494. The predicted molar refractivity (Wildman–Crippen MR) is 132 cm³/mol. The average molecular weight is 454 g/mol. The van der Waals surface area contributed by atoms with Crippen LogP contribution >= 0.6 is 11.8 Å². The van der Waals surface area contributed by atoms with Crippen LogP contribution in [0.3, 0.4) is 0 Å². The lowest BCUT2D eigenvalue weighted by atomic mass is 10.1. The average Bonchev–Trinajstić information content (AvgIpc) is 3.02. The number of anilines is 1. The van der Waals surface area contributed by atoms with Gasteiger partial charge in [-0.15, -0.1) is 0 Å². The van der Waals surface area contributed by atoms with Crippen molar-refractivity contribution in [2.24, 2.45) is 4.99 Å². The maximum Gasteiger partial charge on any atom is 0.242 e. The van der Waals surface area contributed by atoms with Gasteiger partial charge < -0.3 is 10.1 Å². The lowest BCUT2D eigenvalue weighted by Crippen LogP contribution is -2.34. The van der Waals surface area contributed by atoms with Gasteiger partial charge in [-0.3, -0.25) is 14.5 Å². The zero-order valence-corrected chi connectivity index (χ0v) is 20.2. The molecular formula is C25H31N3O3S. The fourth-order valence-electron chi connectivity index (χ4n) is 3.48. The molecule has 0 spiro atoms. The number of hydrogen-bond acceptors (Lipinski definition) is 5. The van der Waals surface area contributed by atoms with Crippen LogP contribution in [0, 0.1) is 27.7 Å². The molecule has 0 radical (unpaired) electrons. The van der Waals surface area contributed by atoms with Gasteiger partial charge in [-0.1, -0.05) is 36.0 Å². The van der Waals surface area contributed by atoms with Crippen LogP contribution in [0.5, 0.6) is 0 Å². The van der Waals surface area contributed by atoms with Gasteiger partial charge in [0.25, 0.3) is 0 Å². The molecule has 1 N–H and O–H groups in total. The third-order valence-electron chi connectivity index (χ3n) is 5.37. The van der Waals surface area contributed by atoms with Crippen molar-refractivity contribution in [2.45, 2.75) is 45.8 Å². The molecule has 2 aromatic carbocycles. The van der Waals surface area contributed by atoms with Gasteiger partial charge in [0, 0.05) is 32.4 Å². The van der Waals surface area contributed by atoms with E-state index in [2.05, 4.69) is 5.32 Å². The molecule has 0 aliphatic carbocycles. The van der Waals surface area contributed by atoms with Crippen LogP contribution in [0.4, 0.5) is 11.4 Å². The summed E-state index contributed by atoms with van der Waals surface area (Å²) < 4.78 is 5.16. The molecule has 170 valence electrons. The first-order valence-corrected chi connectivity index (χ1v) is 11.7. The van der Waals surface area contributed by atoms with Gasteiger partial charge in [-0.25, -0.2) is 4.99 Å². The summed E-state index contributed by atoms with van der Waals surface area (Å²) in [6.45, 7) is 9.04. The van der Waals surface area contributed by atoms with Crippen LogP contribution in [-0.4, -0.2) is 47.4 Å². The standard InChI is InChI=1S/C25H31N3O3S/c1-16-7-9-18(3)20(13-16)26-23(29)15-22-24(30)28(11-6-12-31-5)25(32-22)27-21-14-17(2)8-10-19(21)4/h7-10,13-14,22H,6,11-12,15H2,1-5H3,(H,26,29)/t22-/m1/s1. The molecule has 1 saturated heterocycles. The van der Waals surface area contributed by atoms with E-state index >= 15 is 0 Å². The van der Waals surface area contributed by atoms with Gasteiger partial charge in [-0.05, 0) is 68.5 Å². The second-order valence-electron chi connectivity index (χ2n) is 8.20. The van der Waals surface area contributed by atoms with Crippen LogP contribution in [0.2, 0.25) is 0 Å². The van der Waals surface area contributed by atoms with Gasteiger partial charge in [0.2, 0.25) is 11.8 Å². The van der Waals surface area contributed by atoms with Crippen molar-refractivity contribution in [3.05, 3.63) is 58.7 Å². The molecule has 0 unspecified atom stereocenters. The van der Waals surface area contributed by atoms with Gasteiger partial charge in [0.1, 0.15) is 5.25 Å². The fourth-order valence-corrected chi connectivity index (χ4v) is 4.66. The molecule has 1 aliphatic heterocycles. The van der Waals surface area contributed by atoms with Crippen molar-refractivity contribution < 1.29 is 14.3 Å². The minimum Gasteiger partial charge on any atom is -0.385 e. The van der Waals surface area contributed by atoms with Crippen molar-refractivity contribution in [1.82, 2.24) is 4.90 Å². The van der Waals surface area contributed by atoms with Crippen LogP contribution in [0.15, 0.2) is 41.4 Å². The number of ether oxygens (including phenoxy) is 1. The first-order chi connectivity index (χ1) is 15.3. The molecule has 0 aromatic heterocycles. The second kappa shape index (κ2) is 10.8. The molecule has 6 nitrogen and oxygen atoms in total. The SMILES string of the molecule is COCCCN1C(=O)[C@@H](CC(=O)Nc2cc(C)ccc2C)SC1=Nc1cc(C)ccc1C. The summed E-state index contributed by atoms with van der Waals surface area (Å²) in [6.07, 6.45) is 0.805. The molecular weight excluding hydrogens is 422 g/mol. The Morgan fingerprint density at radius 3 is 2.50 bits per heavy atom. The number of carbonyl (C=O) groups is 2. The van der Waals surface area contributed by atoms with Crippen LogP contribution in [0.1, 0.15) is 35.1 Å². The van der Waals surface area contributed by atoms with Gasteiger partial charge in [-0.2, -0.15) is 0 Å². The Labute approximate surface area is 194 Å². The van der Waals surface area contributed by atoms with E-state index < -0.39 is 5.25 Å². The van der Waals surface area contributed by atoms with Crippen molar-refractivity contribution in [3.63, 3.8) is 0 Å². The minimum absolute atomic E-state index is 0.0775. The van der Waals surface area contributed by atoms with Crippen molar-refractivity contribution in [1.29, 1.82) is 0 Å². The first kappa shape index (κ1) is 24.0. The predicted octanol–water partition coefficient (Wildman–Crippen LogP) is 4.92. The maximum absolute atomic E-state index is 13.2. The molecule has 7 heteroatoms. The Kier molecular flexibility index (Phi) is 8.10. The van der Waals surface area contributed by atoms with Crippen LogP contribution in [0.25, 0.3) is 0 Å². The summed E-state index contributed by atoms with van der Waals surface area (Å²) >= 11 is 1.37. The van der Waals surface area contributed by atoms with Crippen molar-refractivity contribution in [2.75, 3.05) is 25.6 Å². The van der Waals surface area contributed by atoms with Gasteiger partial charge >= 0.3 is 0 Å². The number of rotatable bonds is 8. The lowest BCUT2D eigenvalue weighted by Gasteiger charge is -2.16. The Bertz CT molecular complexity index is 1040. The number of carbonyl (C=O) groups excluding carboxylic acids is 2. The van der Waals surface area contributed by atoms with Crippen LogP contribution < -0.4 is 5.32 Å². The number of aliphatic imine (C=N–C) groups is 1. The van der Waals surface area contributed by atoms with E-state index in [1.807, 2.05) is 64.1 Å². The molecule has 0 bridgehead atoms. The Hall–Kier alpha value is -2.64. The smallest absolute Gasteiger partial charge is 0.242 e. The van der Waals surface area contributed by atoms with E-state index in [1.54, 1.807) is 12.0 Å². The first-order valence-electron chi connectivity index (χ1n) is 10.8. The molecule has 3 rings (SSSR count). The number of methoxy groups -OCH3 is 1. The van der Waals surface area contributed by atoms with E-state index in [4.69, 9.17) is 9.73 Å². The summed E-state index contributed by atoms with van der Waals surface area (Å²) in [5.74, 6) is -0.249. The number of amidine groups is 1. The molecule has 32 heavy (non-hydrogen) atoms. The summed E-state index contributed by atoms with van der Waals surface area (Å²) in [5.41, 5.74) is 5.85. The number of thioether (sulfide) groups is 1. The molecule has 1 fully saturated rings. The highest BCUT2D eigenvalue weighted by Gasteiger charge is 2.39. The second-order valence-corrected chi connectivity index (χ2v) is 9.37. The number of nitrogens with zero attached hydrogens (tertiary/aromatic N) is 2. The number of benzene rings is 2. The van der Waals surface area contributed by atoms with Crippen molar-refractivity contribution >= 4 is 40.1 Å². The Morgan fingerprint density at radius 1 is 1.09 bits per heavy atom. The Balaban J connectivity index is 1.78. The molecule has 0 saturated carbocycles. The lowest BCUT2D eigenvalue weighted by molar-refractivity contribution is -0.128. The monoisotopic (exact) mass is 453 g/mol. The highest BCUT2D eigenvalue weighted by molar-refractivity contribution is 8.15. The van der Waals surface area contributed by atoms with E-state index in [1.165, 1.54) is 11.8 Å². The normalized spacial score (nSPS) is 17.3. The maximum atomic E-state index is 13.2. The fraction of sp³-hybridized carbons (Fsp3) is 0.400. The quantitative estimate of drug-likeness (QED) is 0.576. The topological polar surface area (TPSA) is 71.0 Å². The van der Waals surface area contributed by atoms with E-state index in [0.717, 1.165) is 33.6 Å². The number of hydrogen-bond donors (Lipinski definition) is 1. The largest absolute Gasteiger partial charge is 0.385 e. The summed E-state index contributed by atoms with van der Waals surface area (Å²) in [6, 6.07) is 12.0. The van der Waals surface area contributed by atoms with E-state index in [0.29, 0.717) is 24.7 Å². The van der Waals surface area contributed by atoms with E-state index in [-0.39, 0.29) is 18.2 Å². The molecule has 2 aromatic rings. The third kappa shape index (κ3) is 5.99. The van der Waals surface area contributed by atoms with Crippen LogP contribution in [-0.2, 0) is 14.3 Å². The molecule has 2 amide bonds. The molecule has 1 atom stereocenters.